The van der Waals surface area contributed by atoms with Crippen LogP contribution < -0.4 is 4.74 Å². The van der Waals surface area contributed by atoms with Gasteiger partial charge in [-0.05, 0) is 54.8 Å². The van der Waals surface area contributed by atoms with Gasteiger partial charge in [0.25, 0.3) is 5.91 Å². The van der Waals surface area contributed by atoms with Crippen molar-refractivity contribution in [3.63, 3.8) is 0 Å². The molecule has 0 radical (unpaired) electrons. The van der Waals surface area contributed by atoms with Gasteiger partial charge in [-0.1, -0.05) is 55.1 Å². The molecule has 0 atom stereocenters. The van der Waals surface area contributed by atoms with Gasteiger partial charge in [-0.25, -0.2) is 0 Å². The highest BCUT2D eigenvalue weighted by Crippen LogP contribution is 2.26. The summed E-state index contributed by atoms with van der Waals surface area (Å²) in [4.78, 5) is 31.0. The number of methoxy groups -OCH3 is 2. The summed E-state index contributed by atoms with van der Waals surface area (Å²) in [7, 11) is 3.16. The summed E-state index contributed by atoms with van der Waals surface area (Å²) in [5.41, 5.74) is 2.55. The summed E-state index contributed by atoms with van der Waals surface area (Å²) >= 11 is 6.44. The molecule has 1 saturated carbocycles. The first-order valence-electron chi connectivity index (χ1n) is 13.6. The molecule has 0 aliphatic heterocycles. The van der Waals surface area contributed by atoms with Crippen LogP contribution in [0, 0.1) is 0 Å². The van der Waals surface area contributed by atoms with Crippen molar-refractivity contribution in [1.82, 2.24) is 14.4 Å². The number of carbonyl (C=O) groups excluding carboxylic acids is 2. The molecule has 2 amide bonds. The third-order valence-corrected chi connectivity index (χ3v) is 7.75. The van der Waals surface area contributed by atoms with E-state index in [0.717, 1.165) is 42.0 Å². The van der Waals surface area contributed by atoms with Crippen molar-refractivity contribution >= 4 is 23.4 Å². The maximum Gasteiger partial charge on any atom is 0.254 e. The first-order valence-corrected chi connectivity index (χ1v) is 14.0. The monoisotopic (exact) mass is 551 g/mol. The van der Waals surface area contributed by atoms with Crippen molar-refractivity contribution in [3.8, 4) is 5.75 Å². The van der Waals surface area contributed by atoms with Gasteiger partial charge in [-0.15, -0.1) is 0 Å². The Morgan fingerprint density at radius 2 is 1.79 bits per heavy atom. The van der Waals surface area contributed by atoms with E-state index in [-0.39, 0.29) is 24.4 Å². The lowest BCUT2D eigenvalue weighted by molar-refractivity contribution is -0.135. The van der Waals surface area contributed by atoms with Gasteiger partial charge in [0.05, 0.1) is 20.3 Å². The fourth-order valence-corrected chi connectivity index (χ4v) is 5.39. The molecule has 1 heterocycles. The lowest BCUT2D eigenvalue weighted by Gasteiger charge is -2.36. The molecule has 0 N–H and O–H groups in total. The van der Waals surface area contributed by atoms with Gasteiger partial charge >= 0.3 is 0 Å². The van der Waals surface area contributed by atoms with E-state index in [1.165, 1.54) is 6.42 Å². The smallest absolute Gasteiger partial charge is 0.254 e. The minimum Gasteiger partial charge on any atom is -0.497 e. The van der Waals surface area contributed by atoms with Gasteiger partial charge < -0.3 is 23.8 Å². The number of nitrogens with zero attached hydrogens (tertiary/aromatic N) is 3. The van der Waals surface area contributed by atoms with Crippen LogP contribution >= 0.6 is 11.6 Å². The third-order valence-electron chi connectivity index (χ3n) is 7.39. The highest BCUT2D eigenvalue weighted by molar-refractivity contribution is 6.31. The first kappa shape index (κ1) is 28.7. The minimum absolute atomic E-state index is 0.0128. The fraction of sp³-hybridized carbons (Fsp3) is 0.419. The average molecular weight is 552 g/mol. The van der Waals surface area contributed by atoms with E-state index in [1.807, 2.05) is 41.4 Å². The highest BCUT2D eigenvalue weighted by Gasteiger charge is 2.29. The summed E-state index contributed by atoms with van der Waals surface area (Å²) in [6.07, 6.45) is 7.36. The Bertz CT molecular complexity index is 1240. The van der Waals surface area contributed by atoms with E-state index in [4.69, 9.17) is 21.1 Å². The predicted molar refractivity (Wildman–Crippen MR) is 153 cm³/mol. The van der Waals surface area contributed by atoms with Gasteiger partial charge in [-0.2, -0.15) is 0 Å². The predicted octanol–water partition coefficient (Wildman–Crippen LogP) is 5.65. The third kappa shape index (κ3) is 7.64. The largest absolute Gasteiger partial charge is 0.497 e. The second-order valence-corrected chi connectivity index (χ2v) is 10.4. The number of ether oxygens (including phenoxy) is 2. The Kier molecular flexibility index (Phi) is 10.5. The molecule has 1 fully saturated rings. The summed E-state index contributed by atoms with van der Waals surface area (Å²) in [5, 5.41) is 0.724. The van der Waals surface area contributed by atoms with E-state index in [0.29, 0.717) is 37.6 Å². The number of halogens is 1. The molecular weight excluding hydrogens is 514 g/mol. The number of benzene rings is 2. The maximum atomic E-state index is 14.0. The molecule has 0 saturated heterocycles. The molecule has 0 bridgehead atoms. The summed E-state index contributed by atoms with van der Waals surface area (Å²) in [6.45, 7) is 1.75. The molecule has 7 nitrogen and oxygen atoms in total. The lowest BCUT2D eigenvalue weighted by Crippen LogP contribution is -2.48. The van der Waals surface area contributed by atoms with Crippen LogP contribution in [-0.2, 0) is 22.6 Å². The summed E-state index contributed by atoms with van der Waals surface area (Å²) in [6, 6.07) is 19.1. The lowest BCUT2D eigenvalue weighted by atomic mass is 9.94. The Hall–Kier alpha value is -3.29. The number of carbonyl (C=O) groups is 2. The van der Waals surface area contributed by atoms with E-state index in [2.05, 4.69) is 10.6 Å². The molecule has 3 aromatic rings. The summed E-state index contributed by atoms with van der Waals surface area (Å²) in [5.74, 6) is 0.326. The Morgan fingerprint density at radius 1 is 1.00 bits per heavy atom. The molecule has 1 aliphatic rings. The normalized spacial score (nSPS) is 13.7. The molecule has 8 heteroatoms. The zero-order chi connectivity index (χ0) is 27.6. The Morgan fingerprint density at radius 3 is 2.54 bits per heavy atom. The molecule has 1 aromatic heterocycles. The van der Waals surface area contributed by atoms with E-state index < -0.39 is 0 Å². The maximum absolute atomic E-state index is 14.0. The van der Waals surface area contributed by atoms with Crippen LogP contribution in [0.15, 0.2) is 66.9 Å². The highest BCUT2D eigenvalue weighted by atomic mass is 35.5. The first-order chi connectivity index (χ1) is 19.0. The molecule has 208 valence electrons. The van der Waals surface area contributed by atoms with Crippen molar-refractivity contribution in [2.24, 2.45) is 0 Å². The van der Waals surface area contributed by atoms with Gasteiger partial charge in [-0.3, -0.25) is 9.59 Å². The van der Waals surface area contributed by atoms with Crippen LogP contribution in [0.25, 0.3) is 0 Å². The Balaban J connectivity index is 1.56. The summed E-state index contributed by atoms with van der Waals surface area (Å²) < 4.78 is 12.7. The molecule has 2 aromatic carbocycles. The number of amides is 2. The Labute approximate surface area is 236 Å². The van der Waals surface area contributed by atoms with Gasteiger partial charge in [0.2, 0.25) is 5.91 Å². The fourth-order valence-electron chi connectivity index (χ4n) is 5.19. The van der Waals surface area contributed by atoms with Crippen LogP contribution in [0.5, 0.6) is 5.75 Å². The number of rotatable bonds is 12. The van der Waals surface area contributed by atoms with Crippen LogP contribution in [0.1, 0.15) is 53.7 Å². The van der Waals surface area contributed by atoms with Gasteiger partial charge in [0.15, 0.2) is 0 Å². The van der Waals surface area contributed by atoms with Crippen molar-refractivity contribution < 1.29 is 19.1 Å². The van der Waals surface area contributed by atoms with E-state index >= 15 is 0 Å². The molecule has 4 rings (SSSR count). The van der Waals surface area contributed by atoms with Crippen molar-refractivity contribution in [2.45, 2.75) is 51.2 Å². The topological polar surface area (TPSA) is 64.0 Å². The van der Waals surface area contributed by atoms with Crippen LogP contribution in [0.2, 0.25) is 5.02 Å². The van der Waals surface area contributed by atoms with Crippen molar-refractivity contribution in [3.05, 3.63) is 88.7 Å². The quantitative estimate of drug-likeness (QED) is 0.292. The van der Waals surface area contributed by atoms with Crippen molar-refractivity contribution in [2.75, 3.05) is 33.9 Å². The number of hydrogen-bond acceptors (Lipinski definition) is 4. The second-order valence-electron chi connectivity index (χ2n) is 9.98. The molecule has 0 spiro atoms. The standard InChI is InChI=1S/C31H38ClN3O4/c1-38-19-18-34(31(37)24-11-8-15-28(20-24)39-2)23-30(36)35(26-12-4-3-5-13-26)22-27-14-9-17-33(27)21-25-10-6-7-16-29(25)32/h6-11,14-17,20,26H,3-5,12-13,18-19,21-23H2,1-2H3. The average Bonchev–Trinajstić information content (AvgIpc) is 3.41. The molecular formula is C31H38ClN3O4. The molecule has 39 heavy (non-hydrogen) atoms. The van der Waals surface area contributed by atoms with Crippen LogP contribution in [0.4, 0.5) is 0 Å². The van der Waals surface area contributed by atoms with Gasteiger partial charge in [0, 0.05) is 48.7 Å². The number of aromatic nitrogens is 1. The zero-order valence-electron chi connectivity index (χ0n) is 22.9. The molecule has 0 unspecified atom stereocenters. The minimum atomic E-state index is -0.218. The SMILES string of the molecule is COCCN(CC(=O)N(Cc1cccn1Cc1ccccc1Cl)C1CCCCC1)C(=O)c1cccc(OC)c1. The second kappa shape index (κ2) is 14.2. The van der Waals surface area contributed by atoms with E-state index in [1.54, 1.807) is 43.4 Å². The number of hydrogen-bond donors (Lipinski definition) is 0. The molecule has 1 aliphatic carbocycles. The van der Waals surface area contributed by atoms with Crippen LogP contribution in [0.3, 0.4) is 0 Å². The van der Waals surface area contributed by atoms with Gasteiger partial charge in [0.1, 0.15) is 12.3 Å². The zero-order valence-corrected chi connectivity index (χ0v) is 23.6. The van der Waals surface area contributed by atoms with Crippen LogP contribution in [-0.4, -0.2) is 66.1 Å². The van der Waals surface area contributed by atoms with E-state index in [9.17, 15) is 9.59 Å². The van der Waals surface area contributed by atoms with Crippen molar-refractivity contribution in [1.29, 1.82) is 0 Å².